The zero-order chi connectivity index (χ0) is 15.6. The lowest BCUT2D eigenvalue weighted by molar-refractivity contribution is 0.0696. The van der Waals surface area contributed by atoms with Gasteiger partial charge in [-0.3, -0.25) is 4.79 Å². The van der Waals surface area contributed by atoms with Crippen molar-refractivity contribution in [2.75, 3.05) is 5.32 Å². The lowest BCUT2D eigenvalue weighted by Gasteiger charge is -2.09. The van der Waals surface area contributed by atoms with Crippen molar-refractivity contribution < 1.29 is 19.1 Å². The second-order valence-electron chi connectivity index (χ2n) is 4.42. The van der Waals surface area contributed by atoms with E-state index in [9.17, 15) is 14.0 Å². The maximum atomic E-state index is 13.1. The number of amides is 1. The van der Waals surface area contributed by atoms with Crippen molar-refractivity contribution in [2.24, 2.45) is 0 Å². The molecule has 0 atom stereocenters. The summed E-state index contributed by atoms with van der Waals surface area (Å²) in [5.41, 5.74) is 1.58. The van der Waals surface area contributed by atoms with Crippen molar-refractivity contribution in [1.82, 2.24) is 0 Å². The molecule has 0 aliphatic rings. The highest BCUT2D eigenvalue weighted by molar-refractivity contribution is 9.10. The van der Waals surface area contributed by atoms with Crippen LogP contribution in [0.25, 0.3) is 0 Å². The lowest BCUT2D eigenvalue weighted by Crippen LogP contribution is -2.13. The molecule has 2 N–H and O–H groups in total. The third-order valence-corrected chi connectivity index (χ3v) is 3.51. The Morgan fingerprint density at radius 2 is 1.81 bits per heavy atom. The Morgan fingerprint density at radius 3 is 2.38 bits per heavy atom. The van der Waals surface area contributed by atoms with Crippen molar-refractivity contribution in [3.63, 3.8) is 0 Å². The molecule has 0 aliphatic heterocycles. The summed E-state index contributed by atoms with van der Waals surface area (Å²) in [5.74, 6) is -1.88. The summed E-state index contributed by atoms with van der Waals surface area (Å²) in [6.07, 6.45) is 0. The van der Waals surface area contributed by atoms with Gasteiger partial charge in [-0.15, -0.1) is 0 Å². The van der Waals surface area contributed by atoms with Gasteiger partial charge in [0, 0.05) is 11.3 Å². The Hall–Kier alpha value is -2.21. The minimum absolute atomic E-state index is 0.148. The van der Waals surface area contributed by atoms with Crippen LogP contribution in [0.3, 0.4) is 0 Å². The van der Waals surface area contributed by atoms with Gasteiger partial charge < -0.3 is 10.4 Å². The van der Waals surface area contributed by atoms with Crippen molar-refractivity contribution in [3.05, 3.63) is 63.4 Å². The van der Waals surface area contributed by atoms with Crippen molar-refractivity contribution >= 4 is 33.5 Å². The largest absolute Gasteiger partial charge is 0.478 e. The van der Waals surface area contributed by atoms with Crippen molar-refractivity contribution in [1.29, 1.82) is 0 Å². The summed E-state index contributed by atoms with van der Waals surface area (Å²) in [5, 5.41) is 11.6. The number of carboxylic acid groups (broad SMARTS) is 1. The van der Waals surface area contributed by atoms with Gasteiger partial charge >= 0.3 is 5.97 Å². The molecule has 0 unspecified atom stereocenters. The third-order valence-electron chi connectivity index (χ3n) is 2.90. The second-order valence-corrected chi connectivity index (χ2v) is 5.27. The Balaban J connectivity index is 2.23. The van der Waals surface area contributed by atoms with Gasteiger partial charge in [-0.1, -0.05) is 0 Å². The molecule has 2 aromatic carbocycles. The topological polar surface area (TPSA) is 66.4 Å². The van der Waals surface area contributed by atoms with Gasteiger partial charge in [0.15, 0.2) is 0 Å². The predicted molar refractivity (Wildman–Crippen MR) is 80.2 cm³/mol. The van der Waals surface area contributed by atoms with E-state index in [1.165, 1.54) is 36.4 Å². The van der Waals surface area contributed by atoms with Crippen LogP contribution in [0.5, 0.6) is 0 Å². The average Bonchev–Trinajstić information content (AvgIpc) is 2.43. The molecule has 0 fully saturated rings. The summed E-state index contributed by atoms with van der Waals surface area (Å²) < 4.78 is 13.3. The first-order valence-electron chi connectivity index (χ1n) is 5.99. The van der Waals surface area contributed by atoms with Gasteiger partial charge in [-0.25, -0.2) is 9.18 Å². The van der Waals surface area contributed by atoms with E-state index in [0.717, 1.165) is 0 Å². The molecule has 0 aliphatic carbocycles. The molecule has 0 aromatic heterocycles. The van der Waals surface area contributed by atoms with Crippen LogP contribution in [0.1, 0.15) is 26.3 Å². The highest BCUT2D eigenvalue weighted by atomic mass is 79.9. The SMILES string of the molecule is Cc1cc(C(=O)O)ccc1NC(=O)c1ccc(F)c(Br)c1. The maximum Gasteiger partial charge on any atom is 0.335 e. The fourth-order valence-electron chi connectivity index (χ4n) is 1.77. The van der Waals surface area contributed by atoms with Crippen LogP contribution in [0.15, 0.2) is 40.9 Å². The van der Waals surface area contributed by atoms with E-state index in [1.807, 2.05) is 0 Å². The van der Waals surface area contributed by atoms with E-state index in [-0.39, 0.29) is 10.0 Å². The number of rotatable bonds is 3. The third kappa shape index (κ3) is 3.46. The second kappa shape index (κ2) is 6.05. The molecule has 4 nitrogen and oxygen atoms in total. The van der Waals surface area contributed by atoms with E-state index < -0.39 is 17.7 Å². The maximum absolute atomic E-state index is 13.1. The van der Waals surface area contributed by atoms with E-state index in [2.05, 4.69) is 21.2 Å². The Labute approximate surface area is 128 Å². The highest BCUT2D eigenvalue weighted by Crippen LogP contribution is 2.20. The Bertz CT molecular complexity index is 731. The molecule has 0 saturated heterocycles. The zero-order valence-corrected chi connectivity index (χ0v) is 12.6. The first-order valence-corrected chi connectivity index (χ1v) is 6.78. The number of aryl methyl sites for hydroxylation is 1. The number of carbonyl (C=O) groups is 2. The fraction of sp³-hybridized carbons (Fsp3) is 0.0667. The zero-order valence-electron chi connectivity index (χ0n) is 11.0. The Kier molecular flexibility index (Phi) is 4.37. The number of carboxylic acids is 1. The number of carbonyl (C=O) groups excluding carboxylic acids is 1. The van der Waals surface area contributed by atoms with Gasteiger partial charge in [0.1, 0.15) is 5.82 Å². The van der Waals surface area contributed by atoms with Crippen LogP contribution >= 0.6 is 15.9 Å². The monoisotopic (exact) mass is 351 g/mol. The molecule has 0 radical (unpaired) electrons. The molecule has 0 bridgehead atoms. The summed E-state index contributed by atoms with van der Waals surface area (Å²) in [4.78, 5) is 22.9. The molecule has 2 rings (SSSR count). The normalized spacial score (nSPS) is 10.2. The fourth-order valence-corrected chi connectivity index (χ4v) is 2.15. The molecular formula is C15H11BrFNO3. The number of aromatic carboxylic acids is 1. The molecular weight excluding hydrogens is 341 g/mol. The summed E-state index contributed by atoms with van der Waals surface area (Å²) in [6.45, 7) is 1.70. The van der Waals surface area contributed by atoms with Crippen LogP contribution in [-0.2, 0) is 0 Å². The number of nitrogens with one attached hydrogen (secondary N) is 1. The highest BCUT2D eigenvalue weighted by Gasteiger charge is 2.11. The molecule has 2 aromatic rings. The van der Waals surface area contributed by atoms with Crippen LogP contribution in [0.2, 0.25) is 0 Å². The molecule has 21 heavy (non-hydrogen) atoms. The first kappa shape index (κ1) is 15.2. The van der Waals surface area contributed by atoms with E-state index >= 15 is 0 Å². The van der Waals surface area contributed by atoms with Gasteiger partial charge in [0.2, 0.25) is 0 Å². The molecule has 1 amide bonds. The molecule has 0 saturated carbocycles. The number of halogens is 2. The van der Waals surface area contributed by atoms with Crippen LogP contribution in [0, 0.1) is 12.7 Å². The van der Waals surface area contributed by atoms with Crippen LogP contribution < -0.4 is 5.32 Å². The van der Waals surface area contributed by atoms with Gasteiger partial charge in [0.05, 0.1) is 10.0 Å². The summed E-state index contributed by atoms with van der Waals surface area (Å²) >= 11 is 3.02. The quantitative estimate of drug-likeness (QED) is 0.882. The first-order chi connectivity index (χ1) is 9.88. The number of benzene rings is 2. The standard InChI is InChI=1S/C15H11BrFNO3/c1-8-6-10(15(20)21)3-5-13(8)18-14(19)9-2-4-12(17)11(16)7-9/h2-7H,1H3,(H,18,19)(H,20,21). The van der Waals surface area contributed by atoms with E-state index in [0.29, 0.717) is 16.8 Å². The Morgan fingerprint density at radius 1 is 1.14 bits per heavy atom. The molecule has 108 valence electrons. The van der Waals surface area contributed by atoms with Crippen LogP contribution in [0.4, 0.5) is 10.1 Å². The summed E-state index contributed by atoms with van der Waals surface area (Å²) in [7, 11) is 0. The molecule has 0 heterocycles. The minimum atomic E-state index is -1.03. The van der Waals surface area contributed by atoms with E-state index in [4.69, 9.17) is 5.11 Å². The van der Waals surface area contributed by atoms with Crippen molar-refractivity contribution in [2.45, 2.75) is 6.92 Å². The van der Waals surface area contributed by atoms with E-state index in [1.54, 1.807) is 6.92 Å². The minimum Gasteiger partial charge on any atom is -0.478 e. The average molecular weight is 352 g/mol. The number of hydrogen-bond donors (Lipinski definition) is 2. The molecule has 0 spiro atoms. The van der Waals surface area contributed by atoms with Crippen LogP contribution in [-0.4, -0.2) is 17.0 Å². The van der Waals surface area contributed by atoms with Gasteiger partial charge in [-0.2, -0.15) is 0 Å². The summed E-state index contributed by atoms with van der Waals surface area (Å²) in [6, 6.07) is 8.35. The van der Waals surface area contributed by atoms with Gasteiger partial charge in [0.25, 0.3) is 5.91 Å². The number of hydrogen-bond acceptors (Lipinski definition) is 2. The lowest BCUT2D eigenvalue weighted by atomic mass is 10.1. The molecule has 6 heteroatoms. The van der Waals surface area contributed by atoms with Gasteiger partial charge in [-0.05, 0) is 64.8 Å². The predicted octanol–water partition coefficient (Wildman–Crippen LogP) is 3.85. The smallest absolute Gasteiger partial charge is 0.335 e. The van der Waals surface area contributed by atoms with Crippen molar-refractivity contribution in [3.8, 4) is 0 Å². The number of anilines is 1.